The van der Waals surface area contributed by atoms with Gasteiger partial charge in [0.05, 0.1) is 42.2 Å². The van der Waals surface area contributed by atoms with Gasteiger partial charge in [0.1, 0.15) is 11.5 Å². The van der Waals surface area contributed by atoms with Gasteiger partial charge >= 0.3 is 5.97 Å². The van der Waals surface area contributed by atoms with Gasteiger partial charge in [0.15, 0.2) is 4.80 Å². The lowest BCUT2D eigenvalue weighted by Crippen LogP contribution is -2.40. The van der Waals surface area contributed by atoms with E-state index in [1.165, 1.54) is 11.3 Å². The van der Waals surface area contributed by atoms with Gasteiger partial charge in [-0.15, -0.1) is 0 Å². The van der Waals surface area contributed by atoms with Gasteiger partial charge in [-0.25, -0.2) is 9.79 Å². The highest BCUT2D eigenvalue weighted by molar-refractivity contribution is 7.07. The number of thiazole rings is 1. The second kappa shape index (κ2) is 9.69. The maximum absolute atomic E-state index is 13.6. The van der Waals surface area contributed by atoms with Crippen molar-refractivity contribution in [3.63, 3.8) is 0 Å². The first kappa shape index (κ1) is 23.5. The molecule has 2 heterocycles. The molecule has 1 aliphatic rings. The number of hydrogen-bond acceptors (Lipinski definition) is 7. The Morgan fingerprint density at radius 3 is 2.44 bits per heavy atom. The molecule has 34 heavy (non-hydrogen) atoms. The van der Waals surface area contributed by atoms with Crippen LogP contribution in [0.2, 0.25) is 0 Å². The molecule has 176 valence electrons. The number of fused-ring (bicyclic) bond motifs is 1. The molecule has 0 N–H and O–H groups in total. The summed E-state index contributed by atoms with van der Waals surface area (Å²) in [4.78, 5) is 31.9. The van der Waals surface area contributed by atoms with E-state index in [1.807, 2.05) is 54.6 Å². The molecule has 0 radical (unpaired) electrons. The van der Waals surface area contributed by atoms with Crippen LogP contribution in [-0.4, -0.2) is 30.9 Å². The van der Waals surface area contributed by atoms with Crippen LogP contribution in [0.4, 0.5) is 0 Å². The summed E-state index contributed by atoms with van der Waals surface area (Å²) in [6.45, 7) is 5.35. The highest BCUT2D eigenvalue weighted by Crippen LogP contribution is 2.31. The smallest absolute Gasteiger partial charge is 0.338 e. The summed E-state index contributed by atoms with van der Waals surface area (Å²) in [7, 11) is 3.19. The van der Waals surface area contributed by atoms with Crippen molar-refractivity contribution in [1.29, 1.82) is 0 Å². The number of esters is 1. The lowest BCUT2D eigenvalue weighted by molar-refractivity contribution is -0.143. The average Bonchev–Trinajstić information content (AvgIpc) is 3.12. The van der Waals surface area contributed by atoms with Gasteiger partial charge in [0.25, 0.3) is 5.56 Å². The van der Waals surface area contributed by atoms with E-state index in [1.54, 1.807) is 39.6 Å². The van der Waals surface area contributed by atoms with Crippen LogP contribution in [0.3, 0.4) is 0 Å². The Morgan fingerprint density at radius 1 is 1.09 bits per heavy atom. The number of carbonyl (C=O) groups excluding carboxylic acids is 1. The fourth-order valence-electron chi connectivity index (χ4n) is 3.84. The van der Waals surface area contributed by atoms with E-state index in [4.69, 9.17) is 14.2 Å². The van der Waals surface area contributed by atoms with Crippen LogP contribution < -0.4 is 24.4 Å². The molecule has 8 heteroatoms. The van der Waals surface area contributed by atoms with Gasteiger partial charge in [0, 0.05) is 0 Å². The molecule has 1 aliphatic heterocycles. The predicted octanol–water partition coefficient (Wildman–Crippen LogP) is 3.20. The van der Waals surface area contributed by atoms with Gasteiger partial charge in [-0.05, 0) is 62.2 Å². The van der Waals surface area contributed by atoms with E-state index < -0.39 is 12.0 Å². The summed E-state index contributed by atoms with van der Waals surface area (Å²) in [5.74, 6) is 0.896. The molecule has 3 aromatic rings. The second-order valence-corrected chi connectivity index (χ2v) is 9.09. The molecule has 0 bridgehead atoms. The Labute approximate surface area is 201 Å². The van der Waals surface area contributed by atoms with Gasteiger partial charge in [-0.1, -0.05) is 35.6 Å². The van der Waals surface area contributed by atoms with Crippen LogP contribution in [-0.2, 0) is 9.53 Å². The maximum Gasteiger partial charge on any atom is 0.338 e. The molecule has 0 aliphatic carbocycles. The molecule has 1 aromatic heterocycles. The number of nitrogens with zero attached hydrogens (tertiary/aromatic N) is 2. The van der Waals surface area contributed by atoms with Crippen LogP contribution in [0.5, 0.6) is 11.5 Å². The third-order valence-corrected chi connectivity index (χ3v) is 6.39. The standard InChI is InChI=1S/C26H26N2O5S/c1-15(2)33-25(30)22-16(3)27-26-28(23(22)18-9-11-19(31-4)12-10-18)24(29)21(34-26)14-17-7-6-8-20(13-17)32-5/h6-15,23H,1-5H3/b21-14+/t23-/m1/s1. The molecule has 0 fully saturated rings. The van der Waals surface area contributed by atoms with Crippen molar-refractivity contribution in [1.82, 2.24) is 4.57 Å². The fraction of sp³-hybridized carbons (Fsp3) is 0.269. The molecule has 0 saturated carbocycles. The summed E-state index contributed by atoms with van der Waals surface area (Å²) in [6.07, 6.45) is 1.50. The van der Waals surface area contributed by atoms with Crippen molar-refractivity contribution in [2.24, 2.45) is 4.99 Å². The molecule has 0 saturated heterocycles. The minimum Gasteiger partial charge on any atom is -0.497 e. The summed E-state index contributed by atoms with van der Waals surface area (Å²) in [5, 5.41) is 0. The van der Waals surface area contributed by atoms with E-state index in [0.717, 1.165) is 11.1 Å². The lowest BCUT2D eigenvalue weighted by atomic mass is 9.96. The number of aromatic nitrogens is 1. The van der Waals surface area contributed by atoms with Gasteiger partial charge in [-0.2, -0.15) is 0 Å². The lowest BCUT2D eigenvalue weighted by Gasteiger charge is -2.25. The summed E-state index contributed by atoms with van der Waals surface area (Å²) in [5.41, 5.74) is 2.25. The first-order valence-corrected chi connectivity index (χ1v) is 11.7. The van der Waals surface area contributed by atoms with E-state index in [0.29, 0.717) is 32.1 Å². The van der Waals surface area contributed by atoms with Crippen molar-refractivity contribution < 1.29 is 19.0 Å². The van der Waals surface area contributed by atoms with Crippen LogP contribution in [0.15, 0.2) is 69.6 Å². The van der Waals surface area contributed by atoms with Crippen molar-refractivity contribution >= 4 is 23.4 Å². The molecule has 0 amide bonds. The van der Waals surface area contributed by atoms with E-state index >= 15 is 0 Å². The zero-order chi connectivity index (χ0) is 24.4. The van der Waals surface area contributed by atoms with Gasteiger partial charge < -0.3 is 14.2 Å². The maximum atomic E-state index is 13.6. The quantitative estimate of drug-likeness (QED) is 0.509. The molecule has 1 atom stereocenters. The Kier molecular flexibility index (Phi) is 6.70. The second-order valence-electron chi connectivity index (χ2n) is 8.09. The molecular formula is C26H26N2O5S. The largest absolute Gasteiger partial charge is 0.497 e. The van der Waals surface area contributed by atoms with Crippen molar-refractivity contribution in [2.75, 3.05) is 14.2 Å². The van der Waals surface area contributed by atoms with Crippen molar-refractivity contribution in [2.45, 2.75) is 32.9 Å². The number of allylic oxidation sites excluding steroid dienone is 1. The summed E-state index contributed by atoms with van der Waals surface area (Å²) < 4.78 is 18.2. The van der Waals surface area contributed by atoms with Crippen molar-refractivity contribution in [3.8, 4) is 11.5 Å². The van der Waals surface area contributed by atoms with Crippen molar-refractivity contribution in [3.05, 3.63) is 90.6 Å². The first-order valence-electron chi connectivity index (χ1n) is 10.8. The minimum absolute atomic E-state index is 0.227. The SMILES string of the molecule is COc1ccc([C@@H]2C(C(=O)OC(C)C)=C(C)N=c3s/c(=C/c4cccc(OC)c4)c(=O)n32)cc1. The average molecular weight is 479 g/mol. The predicted molar refractivity (Wildman–Crippen MR) is 131 cm³/mol. The highest BCUT2D eigenvalue weighted by Gasteiger charge is 2.33. The number of ether oxygens (including phenoxy) is 3. The molecule has 4 rings (SSSR count). The Bertz CT molecular complexity index is 1430. The summed E-state index contributed by atoms with van der Waals surface area (Å²) >= 11 is 1.28. The Balaban J connectivity index is 1.92. The molecule has 0 unspecified atom stereocenters. The van der Waals surface area contributed by atoms with Crippen LogP contribution in [0, 0.1) is 0 Å². The number of benzene rings is 2. The van der Waals surface area contributed by atoms with E-state index in [-0.39, 0.29) is 11.7 Å². The Morgan fingerprint density at radius 2 is 1.79 bits per heavy atom. The summed E-state index contributed by atoms with van der Waals surface area (Å²) in [6, 6.07) is 14.1. The molecule has 7 nitrogen and oxygen atoms in total. The number of methoxy groups -OCH3 is 2. The monoisotopic (exact) mass is 478 g/mol. The first-order chi connectivity index (χ1) is 16.3. The van der Waals surface area contributed by atoms with Crippen LogP contribution in [0.1, 0.15) is 37.9 Å². The van der Waals surface area contributed by atoms with Gasteiger partial charge in [-0.3, -0.25) is 9.36 Å². The molecular weight excluding hydrogens is 452 g/mol. The van der Waals surface area contributed by atoms with Crippen LogP contribution >= 0.6 is 11.3 Å². The number of carbonyl (C=O) groups is 1. The Hall–Kier alpha value is -3.65. The highest BCUT2D eigenvalue weighted by atomic mass is 32.1. The third-order valence-electron chi connectivity index (χ3n) is 5.41. The number of hydrogen-bond donors (Lipinski definition) is 0. The number of rotatable bonds is 6. The third kappa shape index (κ3) is 4.54. The topological polar surface area (TPSA) is 79.1 Å². The zero-order valence-corrected chi connectivity index (χ0v) is 20.5. The minimum atomic E-state index is -0.666. The van der Waals surface area contributed by atoms with E-state index in [9.17, 15) is 9.59 Å². The van der Waals surface area contributed by atoms with Gasteiger partial charge in [0.2, 0.25) is 0 Å². The normalized spacial score (nSPS) is 15.7. The van der Waals surface area contributed by atoms with Crippen LogP contribution in [0.25, 0.3) is 6.08 Å². The molecule has 0 spiro atoms. The molecule has 2 aromatic carbocycles. The van der Waals surface area contributed by atoms with E-state index in [2.05, 4.69) is 4.99 Å². The fourth-order valence-corrected chi connectivity index (χ4v) is 4.89. The zero-order valence-electron chi connectivity index (χ0n) is 19.7.